The number of hydrogen-bond donors (Lipinski definition) is 0. The maximum absolute atomic E-state index is 14.4. The largest absolute Gasteiger partial charge is 0.437 e. The molecule has 0 radical (unpaired) electrons. The molecular weight excluding hydrogens is 354 g/mol. The first-order valence-electron chi connectivity index (χ1n) is 9.73. The summed E-state index contributed by atoms with van der Waals surface area (Å²) in [5, 5.41) is 0. The van der Waals surface area contributed by atoms with Crippen molar-refractivity contribution in [3.8, 4) is 0 Å². The van der Waals surface area contributed by atoms with Crippen molar-refractivity contribution in [1.29, 1.82) is 0 Å². The Hall–Kier alpha value is -1.57. The summed E-state index contributed by atoms with van der Waals surface area (Å²) in [6.45, 7) is 4.21. The van der Waals surface area contributed by atoms with Gasteiger partial charge in [-0.1, -0.05) is 18.2 Å². The average molecular weight is 380 g/mol. The van der Waals surface area contributed by atoms with E-state index >= 15 is 0 Å². The lowest BCUT2D eigenvalue weighted by atomic mass is 9.87. The van der Waals surface area contributed by atoms with Crippen molar-refractivity contribution in [3.05, 3.63) is 30.3 Å². The normalized spacial score (nSPS) is 26.4. The summed E-state index contributed by atoms with van der Waals surface area (Å²) < 4.78 is 39.3. The molecule has 7 heteroatoms. The van der Waals surface area contributed by atoms with E-state index in [9.17, 15) is 13.6 Å². The molecule has 0 atom stereocenters. The molecule has 1 aromatic rings. The fourth-order valence-corrected chi connectivity index (χ4v) is 4.38. The van der Waals surface area contributed by atoms with Crippen LogP contribution in [0.5, 0.6) is 0 Å². The van der Waals surface area contributed by atoms with Crippen molar-refractivity contribution in [3.63, 3.8) is 0 Å². The first-order chi connectivity index (χ1) is 13.0. The highest BCUT2D eigenvalue weighted by Gasteiger charge is 2.57. The van der Waals surface area contributed by atoms with E-state index in [0.717, 1.165) is 32.6 Å². The summed E-state index contributed by atoms with van der Waals surface area (Å²) in [7, 11) is 0. The number of likely N-dealkylation sites (tertiary alicyclic amines) is 1. The van der Waals surface area contributed by atoms with Crippen LogP contribution in [0.1, 0.15) is 25.7 Å². The smallest absolute Gasteiger partial charge is 0.381 e. The maximum Gasteiger partial charge on any atom is 0.437 e. The lowest BCUT2D eigenvalue weighted by Gasteiger charge is -2.49. The molecule has 27 heavy (non-hydrogen) atoms. The molecule has 4 rings (SSSR count). The van der Waals surface area contributed by atoms with Crippen molar-refractivity contribution >= 4 is 11.6 Å². The highest BCUT2D eigenvalue weighted by Crippen LogP contribution is 2.40. The Balaban J connectivity index is 1.44. The Morgan fingerprint density at radius 1 is 1.07 bits per heavy atom. The Bertz CT molecular complexity index is 656. The van der Waals surface area contributed by atoms with Gasteiger partial charge in [-0.15, -0.1) is 0 Å². The predicted molar refractivity (Wildman–Crippen MR) is 96.8 cm³/mol. The van der Waals surface area contributed by atoms with Gasteiger partial charge in [0.05, 0.1) is 12.1 Å². The summed E-state index contributed by atoms with van der Waals surface area (Å²) in [5.74, 6) is -0.659. The van der Waals surface area contributed by atoms with Crippen molar-refractivity contribution in [1.82, 2.24) is 4.90 Å². The minimum absolute atomic E-state index is 0.177. The molecule has 1 spiro atoms. The molecule has 5 nitrogen and oxygen atoms in total. The molecule has 1 amide bonds. The van der Waals surface area contributed by atoms with E-state index in [1.165, 1.54) is 4.90 Å². The molecule has 0 aliphatic carbocycles. The number of hydrogen-bond acceptors (Lipinski definition) is 4. The second kappa shape index (κ2) is 7.45. The monoisotopic (exact) mass is 380 g/mol. The van der Waals surface area contributed by atoms with E-state index in [1.54, 1.807) is 30.3 Å². The van der Waals surface area contributed by atoms with Crippen molar-refractivity contribution in [2.45, 2.75) is 37.4 Å². The second-order valence-electron chi connectivity index (χ2n) is 7.89. The zero-order valence-corrected chi connectivity index (χ0v) is 15.4. The Labute approximate surface area is 158 Å². The molecule has 0 aromatic heterocycles. The predicted octanol–water partition coefficient (Wildman–Crippen LogP) is 2.90. The van der Waals surface area contributed by atoms with Crippen LogP contribution in [0, 0.1) is 5.92 Å². The van der Waals surface area contributed by atoms with Crippen LogP contribution in [0.2, 0.25) is 0 Å². The molecule has 1 aromatic carbocycles. The minimum Gasteiger partial charge on any atom is -0.381 e. The van der Waals surface area contributed by atoms with Crippen LogP contribution in [-0.4, -0.2) is 61.9 Å². The average Bonchev–Trinajstić information content (AvgIpc) is 2.68. The molecule has 0 unspecified atom stereocenters. The molecule has 0 saturated carbocycles. The Morgan fingerprint density at radius 2 is 1.74 bits per heavy atom. The number of carbonyl (C=O) groups excluding carboxylic acids is 1. The van der Waals surface area contributed by atoms with Crippen LogP contribution >= 0.6 is 0 Å². The lowest BCUT2D eigenvalue weighted by molar-refractivity contribution is -0.293. The van der Waals surface area contributed by atoms with Crippen LogP contribution in [-0.2, 0) is 14.3 Å². The third-order valence-electron chi connectivity index (χ3n) is 5.98. The van der Waals surface area contributed by atoms with Gasteiger partial charge in [-0.3, -0.25) is 4.79 Å². The number of piperidine rings is 1. The molecule has 3 saturated heterocycles. The number of carbonyl (C=O) groups is 1. The minimum atomic E-state index is -3.78. The summed E-state index contributed by atoms with van der Waals surface area (Å²) in [6, 6.07) is 8.68. The van der Waals surface area contributed by atoms with E-state index in [0.29, 0.717) is 37.5 Å². The number of nitrogens with zero attached hydrogens (tertiary/aromatic N) is 2. The zero-order valence-electron chi connectivity index (χ0n) is 15.4. The molecule has 3 aliphatic heterocycles. The first-order valence-corrected chi connectivity index (χ1v) is 9.73. The number of benzene rings is 1. The Morgan fingerprint density at radius 3 is 2.41 bits per heavy atom. The molecular formula is C20H26F2N2O3. The van der Waals surface area contributed by atoms with E-state index in [4.69, 9.17) is 9.47 Å². The van der Waals surface area contributed by atoms with Gasteiger partial charge in [0, 0.05) is 38.5 Å². The highest BCUT2D eigenvalue weighted by atomic mass is 19.3. The Kier molecular flexibility index (Phi) is 5.18. The van der Waals surface area contributed by atoms with E-state index < -0.39 is 17.6 Å². The van der Waals surface area contributed by atoms with Gasteiger partial charge in [0.15, 0.2) is 0 Å². The number of alkyl halides is 2. The highest BCUT2D eigenvalue weighted by molar-refractivity contribution is 5.98. The fraction of sp³-hybridized carbons (Fsp3) is 0.650. The van der Waals surface area contributed by atoms with Crippen LogP contribution in [0.25, 0.3) is 0 Å². The first kappa shape index (κ1) is 18.8. The molecule has 0 N–H and O–H groups in total. The third kappa shape index (κ3) is 4.00. The number of morpholine rings is 1. The van der Waals surface area contributed by atoms with Gasteiger partial charge in [-0.2, -0.15) is 8.78 Å². The zero-order chi connectivity index (χ0) is 18.9. The fourth-order valence-electron chi connectivity index (χ4n) is 4.38. The third-order valence-corrected chi connectivity index (χ3v) is 5.98. The number of amides is 1. The van der Waals surface area contributed by atoms with Crippen LogP contribution in [0.15, 0.2) is 30.3 Å². The van der Waals surface area contributed by atoms with Crippen molar-refractivity contribution < 1.29 is 23.0 Å². The van der Waals surface area contributed by atoms with Gasteiger partial charge in [-0.25, -0.2) is 0 Å². The summed E-state index contributed by atoms with van der Waals surface area (Å²) >= 11 is 0. The number of halogens is 2. The van der Waals surface area contributed by atoms with E-state index in [-0.39, 0.29) is 6.54 Å². The number of ether oxygens (including phenoxy) is 2. The molecule has 3 aliphatic rings. The van der Waals surface area contributed by atoms with Gasteiger partial charge in [0.2, 0.25) is 0 Å². The van der Waals surface area contributed by atoms with Crippen molar-refractivity contribution in [2.24, 2.45) is 5.92 Å². The second-order valence-corrected chi connectivity index (χ2v) is 7.89. The standard InChI is InChI=1S/C20H26F2N2O3/c21-20(22)18(25)24(17-4-2-1-3-5-17)15-19(27-20)8-10-23(11-9-19)14-16-6-12-26-13-7-16/h1-5,16H,6-15H2. The van der Waals surface area contributed by atoms with Crippen LogP contribution in [0.3, 0.4) is 0 Å². The summed E-state index contributed by atoms with van der Waals surface area (Å²) in [4.78, 5) is 15.8. The number of para-hydroxylation sites is 1. The summed E-state index contributed by atoms with van der Waals surface area (Å²) in [6.07, 6.45) is -0.652. The molecule has 3 heterocycles. The van der Waals surface area contributed by atoms with Gasteiger partial charge in [0.1, 0.15) is 0 Å². The molecule has 3 fully saturated rings. The topological polar surface area (TPSA) is 42.0 Å². The van der Waals surface area contributed by atoms with Gasteiger partial charge < -0.3 is 19.3 Å². The quantitative estimate of drug-likeness (QED) is 0.809. The lowest BCUT2D eigenvalue weighted by Crippen LogP contribution is -2.64. The van der Waals surface area contributed by atoms with Crippen molar-refractivity contribution in [2.75, 3.05) is 44.3 Å². The maximum atomic E-state index is 14.4. The SMILES string of the molecule is O=C1N(c2ccccc2)CC2(CCN(CC3CCOCC3)CC2)OC1(F)F. The van der Waals surface area contributed by atoms with Gasteiger partial charge >= 0.3 is 12.0 Å². The van der Waals surface area contributed by atoms with E-state index in [2.05, 4.69) is 4.90 Å². The number of anilines is 1. The number of rotatable bonds is 3. The van der Waals surface area contributed by atoms with Gasteiger partial charge in [0.25, 0.3) is 0 Å². The summed E-state index contributed by atoms with van der Waals surface area (Å²) in [5.41, 5.74) is -0.492. The molecule has 0 bridgehead atoms. The van der Waals surface area contributed by atoms with E-state index in [1.807, 2.05) is 0 Å². The van der Waals surface area contributed by atoms with Gasteiger partial charge in [-0.05, 0) is 43.7 Å². The van der Waals surface area contributed by atoms with Crippen LogP contribution in [0.4, 0.5) is 14.5 Å². The van der Waals surface area contributed by atoms with Crippen LogP contribution < -0.4 is 4.90 Å². The molecule has 148 valence electrons.